The molecule has 1 aliphatic rings. The van der Waals surface area contributed by atoms with Gasteiger partial charge in [0.05, 0.1) is 28.3 Å². The number of allylic oxidation sites excluding steroid dienone is 2. The minimum absolute atomic E-state index is 0.0789. The van der Waals surface area contributed by atoms with Crippen molar-refractivity contribution >= 4 is 46.6 Å². The maximum atomic E-state index is 13.5. The molecule has 0 spiro atoms. The molecule has 6 nitrogen and oxygen atoms in total. The Morgan fingerprint density at radius 2 is 1.68 bits per heavy atom. The van der Waals surface area contributed by atoms with Gasteiger partial charge in [-0.1, -0.05) is 71.9 Å². The number of carbonyl (C=O) groups excluding carboxylic acids is 2. The normalized spacial score (nSPS) is 15.0. The van der Waals surface area contributed by atoms with E-state index in [2.05, 4.69) is 22.0 Å². The highest BCUT2D eigenvalue weighted by Gasteiger charge is 2.35. The van der Waals surface area contributed by atoms with Crippen LogP contribution in [0, 0.1) is 18.3 Å². The van der Waals surface area contributed by atoms with Gasteiger partial charge in [-0.2, -0.15) is 5.26 Å². The second kappa shape index (κ2) is 11.8. The highest BCUT2D eigenvalue weighted by Crippen LogP contribution is 2.43. The molecule has 0 bridgehead atoms. The Hall–Kier alpha value is -3.99. The first-order valence-corrected chi connectivity index (χ1v) is 13.0. The molecule has 3 aromatic rings. The number of rotatable bonds is 7. The van der Waals surface area contributed by atoms with E-state index in [4.69, 9.17) is 11.6 Å². The number of hydrogen-bond donors (Lipinski definition) is 3. The molecule has 1 aliphatic heterocycles. The molecule has 3 aromatic carbocycles. The van der Waals surface area contributed by atoms with Crippen molar-refractivity contribution in [1.82, 2.24) is 5.32 Å². The lowest BCUT2D eigenvalue weighted by molar-refractivity contribution is -0.114. The van der Waals surface area contributed by atoms with E-state index < -0.39 is 5.92 Å². The molecular formula is C29H25ClN4O2S. The number of amides is 2. The molecule has 0 fully saturated rings. The van der Waals surface area contributed by atoms with Crippen molar-refractivity contribution in [2.75, 3.05) is 16.4 Å². The van der Waals surface area contributed by atoms with E-state index >= 15 is 0 Å². The van der Waals surface area contributed by atoms with Gasteiger partial charge in [0, 0.05) is 27.7 Å². The summed E-state index contributed by atoms with van der Waals surface area (Å²) in [5.74, 6) is -1.16. The summed E-state index contributed by atoms with van der Waals surface area (Å²) in [6.45, 7) is 3.74. The van der Waals surface area contributed by atoms with Crippen LogP contribution in [0.5, 0.6) is 0 Å². The molecule has 0 saturated heterocycles. The van der Waals surface area contributed by atoms with E-state index in [1.807, 2.05) is 61.5 Å². The van der Waals surface area contributed by atoms with Gasteiger partial charge in [-0.3, -0.25) is 9.59 Å². The van der Waals surface area contributed by atoms with Gasteiger partial charge in [-0.15, -0.1) is 0 Å². The number of dihydropyridines is 1. The van der Waals surface area contributed by atoms with Crippen LogP contribution < -0.4 is 16.0 Å². The van der Waals surface area contributed by atoms with Crippen molar-refractivity contribution in [3.05, 3.63) is 117 Å². The lowest BCUT2D eigenvalue weighted by Crippen LogP contribution is -2.31. The molecule has 3 N–H and O–H groups in total. The summed E-state index contributed by atoms with van der Waals surface area (Å²) in [7, 11) is 0. The molecule has 1 atom stereocenters. The molecule has 4 rings (SSSR count). The first kappa shape index (κ1) is 26.1. The third-order valence-corrected chi connectivity index (χ3v) is 7.15. The van der Waals surface area contributed by atoms with Gasteiger partial charge in [-0.25, -0.2) is 0 Å². The predicted molar refractivity (Wildman–Crippen MR) is 150 cm³/mol. The van der Waals surface area contributed by atoms with Gasteiger partial charge in [0.1, 0.15) is 0 Å². The minimum atomic E-state index is -0.703. The second-order valence-corrected chi connectivity index (χ2v) is 9.89. The van der Waals surface area contributed by atoms with Crippen LogP contribution in [0.2, 0.25) is 5.02 Å². The van der Waals surface area contributed by atoms with Crippen LogP contribution in [0.4, 0.5) is 11.4 Å². The van der Waals surface area contributed by atoms with Gasteiger partial charge < -0.3 is 16.0 Å². The number of halogens is 1. The highest BCUT2D eigenvalue weighted by molar-refractivity contribution is 8.03. The van der Waals surface area contributed by atoms with E-state index in [0.717, 1.165) is 5.56 Å². The van der Waals surface area contributed by atoms with Crippen LogP contribution in [0.25, 0.3) is 0 Å². The molecule has 186 valence electrons. The van der Waals surface area contributed by atoms with Gasteiger partial charge >= 0.3 is 0 Å². The summed E-state index contributed by atoms with van der Waals surface area (Å²) in [5.41, 5.74) is 4.33. The molecule has 1 heterocycles. The molecule has 0 aromatic heterocycles. The van der Waals surface area contributed by atoms with Crippen LogP contribution in [-0.4, -0.2) is 17.6 Å². The molecular weight excluding hydrogens is 504 g/mol. The number of hydrogen-bond acceptors (Lipinski definition) is 5. The fourth-order valence-electron chi connectivity index (χ4n) is 4.13. The summed E-state index contributed by atoms with van der Waals surface area (Å²) < 4.78 is 0. The summed E-state index contributed by atoms with van der Waals surface area (Å²) in [6.07, 6.45) is 0. The smallest absolute Gasteiger partial charge is 0.254 e. The Kier molecular flexibility index (Phi) is 8.34. The molecule has 37 heavy (non-hydrogen) atoms. The Morgan fingerprint density at radius 3 is 2.38 bits per heavy atom. The minimum Gasteiger partial charge on any atom is -0.353 e. The van der Waals surface area contributed by atoms with E-state index in [0.29, 0.717) is 43.8 Å². The summed E-state index contributed by atoms with van der Waals surface area (Å²) in [6, 6.07) is 26.1. The van der Waals surface area contributed by atoms with Crippen LogP contribution in [0.15, 0.2) is 101 Å². The summed E-state index contributed by atoms with van der Waals surface area (Å²) in [5, 5.41) is 20.2. The number of anilines is 2. The van der Waals surface area contributed by atoms with Crippen LogP contribution in [0.1, 0.15) is 24.0 Å². The van der Waals surface area contributed by atoms with Gasteiger partial charge in [-0.05, 0) is 55.3 Å². The van der Waals surface area contributed by atoms with Crippen molar-refractivity contribution in [1.29, 1.82) is 5.26 Å². The number of carbonyl (C=O) groups is 2. The Morgan fingerprint density at radius 1 is 0.973 bits per heavy atom. The predicted octanol–water partition coefficient (Wildman–Crippen LogP) is 6.36. The average molecular weight is 529 g/mol. The molecule has 0 saturated carbocycles. The number of nitrogens with one attached hydrogen (secondary N) is 3. The largest absolute Gasteiger partial charge is 0.353 e. The lowest BCUT2D eigenvalue weighted by atomic mass is 9.82. The number of benzene rings is 3. The van der Waals surface area contributed by atoms with Gasteiger partial charge in [0.25, 0.3) is 5.91 Å². The van der Waals surface area contributed by atoms with Crippen molar-refractivity contribution in [2.45, 2.75) is 19.8 Å². The topological polar surface area (TPSA) is 94.0 Å². The van der Waals surface area contributed by atoms with Crippen molar-refractivity contribution in [3.8, 4) is 6.07 Å². The Bertz CT molecular complexity index is 1440. The zero-order valence-corrected chi connectivity index (χ0v) is 21.9. The van der Waals surface area contributed by atoms with Crippen molar-refractivity contribution in [3.63, 3.8) is 0 Å². The maximum Gasteiger partial charge on any atom is 0.254 e. The monoisotopic (exact) mass is 528 g/mol. The zero-order chi connectivity index (χ0) is 26.4. The van der Waals surface area contributed by atoms with Gasteiger partial charge in [0.15, 0.2) is 0 Å². The number of nitriles is 1. The Labute approximate surface area is 225 Å². The zero-order valence-electron chi connectivity index (χ0n) is 20.3. The van der Waals surface area contributed by atoms with E-state index in [1.165, 1.54) is 11.8 Å². The van der Waals surface area contributed by atoms with Crippen LogP contribution >= 0.6 is 23.4 Å². The number of aryl methyl sites for hydroxylation is 1. The lowest BCUT2D eigenvalue weighted by Gasteiger charge is -2.30. The van der Waals surface area contributed by atoms with E-state index in [9.17, 15) is 14.9 Å². The summed E-state index contributed by atoms with van der Waals surface area (Å²) in [4.78, 5) is 26.1. The van der Waals surface area contributed by atoms with Crippen molar-refractivity contribution < 1.29 is 9.59 Å². The first-order chi connectivity index (χ1) is 17.9. The average Bonchev–Trinajstić information content (AvgIpc) is 2.88. The van der Waals surface area contributed by atoms with Crippen LogP contribution in [-0.2, 0) is 9.59 Å². The fraction of sp³-hybridized carbons (Fsp3) is 0.138. The third-order valence-electron chi connectivity index (χ3n) is 5.79. The van der Waals surface area contributed by atoms with E-state index in [1.54, 1.807) is 31.2 Å². The fourth-order valence-corrected chi connectivity index (χ4v) is 5.26. The Balaban J connectivity index is 1.64. The first-order valence-electron chi connectivity index (χ1n) is 11.6. The number of thioether (sulfide) groups is 1. The third kappa shape index (κ3) is 6.23. The number of para-hydroxylation sites is 1. The number of nitrogens with zero attached hydrogens (tertiary/aromatic N) is 1. The standard InChI is InChI=1S/C29H25ClN4O2S/c1-18-9-8-12-21(15-18)33-25(35)17-37-29-23(16-31)27(22-13-6-7-14-24(22)30)26(19(2)32-29)28(36)34-20-10-4-3-5-11-20/h3-15,27,32H,17H2,1-2H3,(H,33,35)(H,34,36)/t27-/m0/s1. The molecule has 2 amide bonds. The molecule has 0 aliphatic carbocycles. The molecule has 0 unspecified atom stereocenters. The quantitative estimate of drug-likeness (QED) is 0.332. The van der Waals surface area contributed by atoms with Gasteiger partial charge in [0.2, 0.25) is 5.91 Å². The SMILES string of the molecule is CC1=C(C(=O)Nc2ccccc2)[C@@H](c2ccccc2Cl)C(C#N)=C(SCC(=O)Nc2cccc(C)c2)N1. The van der Waals surface area contributed by atoms with E-state index in [-0.39, 0.29) is 17.6 Å². The second-order valence-electron chi connectivity index (χ2n) is 8.50. The molecule has 8 heteroatoms. The maximum absolute atomic E-state index is 13.5. The van der Waals surface area contributed by atoms with Crippen molar-refractivity contribution in [2.24, 2.45) is 0 Å². The molecule has 0 radical (unpaired) electrons. The summed E-state index contributed by atoms with van der Waals surface area (Å²) >= 11 is 7.77. The highest BCUT2D eigenvalue weighted by atomic mass is 35.5. The van der Waals surface area contributed by atoms with Crippen LogP contribution in [0.3, 0.4) is 0 Å².